The van der Waals surface area contributed by atoms with Crippen LogP contribution in [0.25, 0.3) is 0 Å². The number of hydrogen-bond donors (Lipinski definition) is 2. The van der Waals surface area contributed by atoms with Crippen molar-refractivity contribution in [1.29, 1.82) is 0 Å². The Balaban J connectivity index is 1.64. The molecule has 0 aromatic rings. The monoisotopic (exact) mass is 227 g/mol. The third kappa shape index (κ3) is 4.01. The van der Waals surface area contributed by atoms with Gasteiger partial charge in [-0.3, -0.25) is 4.90 Å². The molecule has 0 spiro atoms. The molecule has 16 heavy (non-hydrogen) atoms. The van der Waals surface area contributed by atoms with Gasteiger partial charge in [-0.1, -0.05) is 0 Å². The van der Waals surface area contributed by atoms with Crippen molar-refractivity contribution in [2.75, 3.05) is 45.9 Å². The molecule has 0 aromatic carbocycles. The van der Waals surface area contributed by atoms with Crippen LogP contribution in [0.15, 0.2) is 0 Å². The molecule has 0 bridgehead atoms. The lowest BCUT2D eigenvalue weighted by molar-refractivity contribution is 0.0337. The van der Waals surface area contributed by atoms with E-state index in [-0.39, 0.29) is 0 Å². The summed E-state index contributed by atoms with van der Waals surface area (Å²) in [7, 11) is 0. The van der Waals surface area contributed by atoms with E-state index in [1.54, 1.807) is 0 Å². The van der Waals surface area contributed by atoms with Crippen molar-refractivity contribution in [2.45, 2.75) is 31.8 Å². The minimum Gasteiger partial charge on any atom is -0.379 e. The largest absolute Gasteiger partial charge is 0.379 e. The van der Waals surface area contributed by atoms with Gasteiger partial charge in [0.15, 0.2) is 0 Å². The summed E-state index contributed by atoms with van der Waals surface area (Å²) in [5.41, 5.74) is 0. The Morgan fingerprint density at radius 1 is 1.44 bits per heavy atom. The Bertz CT molecular complexity index is 169. The molecule has 2 rings (SSSR count). The predicted molar refractivity (Wildman–Crippen MR) is 65.7 cm³/mol. The SMILES string of the molecule is CC(CN1CCOCC1)NC1CCCNC1. The van der Waals surface area contributed by atoms with Gasteiger partial charge in [0, 0.05) is 38.3 Å². The van der Waals surface area contributed by atoms with Gasteiger partial charge >= 0.3 is 0 Å². The van der Waals surface area contributed by atoms with E-state index in [2.05, 4.69) is 22.5 Å². The van der Waals surface area contributed by atoms with Gasteiger partial charge in [0.2, 0.25) is 0 Å². The van der Waals surface area contributed by atoms with E-state index in [1.165, 1.54) is 19.4 Å². The van der Waals surface area contributed by atoms with E-state index < -0.39 is 0 Å². The molecule has 0 aliphatic carbocycles. The fourth-order valence-corrected chi connectivity index (χ4v) is 2.62. The van der Waals surface area contributed by atoms with Gasteiger partial charge in [-0.2, -0.15) is 0 Å². The molecule has 2 fully saturated rings. The lowest BCUT2D eigenvalue weighted by Crippen LogP contribution is -2.51. The Morgan fingerprint density at radius 2 is 2.25 bits per heavy atom. The highest BCUT2D eigenvalue weighted by atomic mass is 16.5. The minimum absolute atomic E-state index is 0.586. The van der Waals surface area contributed by atoms with E-state index in [4.69, 9.17) is 4.74 Å². The molecule has 0 amide bonds. The summed E-state index contributed by atoms with van der Waals surface area (Å²) < 4.78 is 5.36. The lowest BCUT2D eigenvalue weighted by atomic mass is 10.1. The standard InChI is InChI=1S/C12H25N3O/c1-11(10-15-5-7-16-8-6-15)14-12-3-2-4-13-9-12/h11-14H,2-10H2,1H3. The fraction of sp³-hybridized carbons (Fsp3) is 1.00. The van der Waals surface area contributed by atoms with Gasteiger partial charge in [0.05, 0.1) is 13.2 Å². The van der Waals surface area contributed by atoms with Gasteiger partial charge in [-0.15, -0.1) is 0 Å². The summed E-state index contributed by atoms with van der Waals surface area (Å²) in [6.07, 6.45) is 2.63. The number of nitrogens with one attached hydrogen (secondary N) is 2. The van der Waals surface area contributed by atoms with Crippen LogP contribution in [0.3, 0.4) is 0 Å². The summed E-state index contributed by atoms with van der Waals surface area (Å²) in [4.78, 5) is 2.50. The minimum atomic E-state index is 0.586. The van der Waals surface area contributed by atoms with Crippen LogP contribution < -0.4 is 10.6 Å². The Labute approximate surface area is 98.7 Å². The number of ether oxygens (including phenoxy) is 1. The summed E-state index contributed by atoms with van der Waals surface area (Å²) >= 11 is 0. The molecular weight excluding hydrogens is 202 g/mol. The topological polar surface area (TPSA) is 36.5 Å². The van der Waals surface area contributed by atoms with Crippen molar-refractivity contribution in [1.82, 2.24) is 15.5 Å². The average molecular weight is 227 g/mol. The molecule has 2 heterocycles. The van der Waals surface area contributed by atoms with Gasteiger partial charge in [-0.25, -0.2) is 0 Å². The first kappa shape index (κ1) is 12.3. The van der Waals surface area contributed by atoms with Crippen molar-refractivity contribution >= 4 is 0 Å². The molecule has 2 saturated heterocycles. The molecule has 2 N–H and O–H groups in total. The Hall–Kier alpha value is -0.160. The maximum absolute atomic E-state index is 5.36. The van der Waals surface area contributed by atoms with E-state index >= 15 is 0 Å². The van der Waals surface area contributed by atoms with Gasteiger partial charge < -0.3 is 15.4 Å². The number of piperidine rings is 1. The van der Waals surface area contributed by atoms with Crippen LogP contribution >= 0.6 is 0 Å². The van der Waals surface area contributed by atoms with Crippen molar-refractivity contribution < 1.29 is 4.74 Å². The van der Waals surface area contributed by atoms with Gasteiger partial charge in [0.1, 0.15) is 0 Å². The zero-order valence-electron chi connectivity index (χ0n) is 10.4. The number of hydrogen-bond acceptors (Lipinski definition) is 4. The maximum Gasteiger partial charge on any atom is 0.0594 e. The second-order valence-electron chi connectivity index (χ2n) is 5.02. The second-order valence-corrected chi connectivity index (χ2v) is 5.02. The number of nitrogens with zero attached hydrogens (tertiary/aromatic N) is 1. The molecule has 4 heteroatoms. The van der Waals surface area contributed by atoms with E-state index in [9.17, 15) is 0 Å². The molecular formula is C12H25N3O. The van der Waals surface area contributed by atoms with Crippen molar-refractivity contribution in [2.24, 2.45) is 0 Å². The normalized spacial score (nSPS) is 30.2. The molecule has 2 aliphatic rings. The van der Waals surface area contributed by atoms with Crippen molar-refractivity contribution in [3.8, 4) is 0 Å². The van der Waals surface area contributed by atoms with Crippen LogP contribution in [0, 0.1) is 0 Å². The Kier molecular flexibility index (Phi) is 5.03. The quantitative estimate of drug-likeness (QED) is 0.711. The summed E-state index contributed by atoms with van der Waals surface area (Å²) in [6.45, 7) is 9.76. The van der Waals surface area contributed by atoms with Crippen LogP contribution in [0.4, 0.5) is 0 Å². The van der Waals surface area contributed by atoms with Crippen molar-refractivity contribution in [3.63, 3.8) is 0 Å². The van der Waals surface area contributed by atoms with E-state index in [0.29, 0.717) is 12.1 Å². The first-order chi connectivity index (χ1) is 7.84. The van der Waals surface area contributed by atoms with E-state index in [1.807, 2.05) is 0 Å². The van der Waals surface area contributed by atoms with Crippen LogP contribution in [0.2, 0.25) is 0 Å². The molecule has 4 nitrogen and oxygen atoms in total. The smallest absolute Gasteiger partial charge is 0.0594 e. The molecule has 2 aliphatic heterocycles. The first-order valence-electron chi connectivity index (χ1n) is 6.61. The van der Waals surface area contributed by atoms with Gasteiger partial charge in [0.25, 0.3) is 0 Å². The summed E-state index contributed by atoms with van der Waals surface area (Å²) in [5.74, 6) is 0. The van der Waals surface area contributed by atoms with Crippen LogP contribution in [-0.2, 0) is 4.74 Å². The Morgan fingerprint density at radius 3 is 2.94 bits per heavy atom. The summed E-state index contributed by atoms with van der Waals surface area (Å²) in [6, 6.07) is 1.26. The second kappa shape index (κ2) is 6.55. The molecule has 2 atom stereocenters. The number of rotatable bonds is 4. The predicted octanol–water partition coefficient (Wildman–Crippen LogP) is 0.0487. The molecule has 0 radical (unpaired) electrons. The first-order valence-corrected chi connectivity index (χ1v) is 6.61. The molecule has 0 aromatic heterocycles. The van der Waals surface area contributed by atoms with Crippen molar-refractivity contribution in [3.05, 3.63) is 0 Å². The van der Waals surface area contributed by atoms with Gasteiger partial charge in [-0.05, 0) is 26.3 Å². The fourth-order valence-electron chi connectivity index (χ4n) is 2.62. The highest BCUT2D eigenvalue weighted by Crippen LogP contribution is 2.04. The lowest BCUT2D eigenvalue weighted by Gasteiger charge is -2.32. The van der Waals surface area contributed by atoms with Crippen LogP contribution in [-0.4, -0.2) is 62.9 Å². The van der Waals surface area contributed by atoms with Crippen LogP contribution in [0.1, 0.15) is 19.8 Å². The summed E-state index contributed by atoms with van der Waals surface area (Å²) in [5, 5.41) is 7.17. The third-order valence-electron chi connectivity index (χ3n) is 3.45. The highest BCUT2D eigenvalue weighted by molar-refractivity contribution is 4.79. The molecule has 0 saturated carbocycles. The van der Waals surface area contributed by atoms with Crippen LogP contribution in [0.5, 0.6) is 0 Å². The third-order valence-corrected chi connectivity index (χ3v) is 3.45. The molecule has 94 valence electrons. The maximum atomic E-state index is 5.36. The zero-order valence-corrected chi connectivity index (χ0v) is 10.4. The highest BCUT2D eigenvalue weighted by Gasteiger charge is 2.18. The average Bonchev–Trinajstić information content (AvgIpc) is 2.31. The number of morpholine rings is 1. The zero-order chi connectivity index (χ0) is 11.2. The van der Waals surface area contributed by atoms with E-state index in [0.717, 1.165) is 39.4 Å². The molecule has 2 unspecified atom stereocenters.